The van der Waals surface area contributed by atoms with E-state index in [1.165, 1.54) is 23.2 Å². The number of methoxy groups -OCH3 is 1. The Balaban J connectivity index is 2.76. The van der Waals surface area contributed by atoms with E-state index in [1.54, 1.807) is 4.41 Å². The Morgan fingerprint density at radius 3 is 1.96 bits per heavy atom. The molecule has 2 rings (SSSR count). The SMILES string of the molecule is C[CH2][Ge]1([CH2]C)[CH]=[C](C(=O)OC)[Ge]([CH2]C)([CH2]C)[C](c2ccccc2)=[CH]1. The minimum atomic E-state index is -2.68. The van der Waals surface area contributed by atoms with E-state index in [1.807, 2.05) is 0 Å². The fourth-order valence-electron chi connectivity index (χ4n) is 4.05. The van der Waals surface area contributed by atoms with Gasteiger partial charge in [0.1, 0.15) is 0 Å². The Bertz CT molecular complexity index is 639. The quantitative estimate of drug-likeness (QED) is 0.436. The van der Waals surface area contributed by atoms with Gasteiger partial charge in [0.15, 0.2) is 0 Å². The van der Waals surface area contributed by atoms with Crippen molar-refractivity contribution in [1.29, 1.82) is 0 Å². The van der Waals surface area contributed by atoms with Crippen molar-refractivity contribution < 1.29 is 9.53 Å². The van der Waals surface area contributed by atoms with Crippen molar-refractivity contribution in [3.63, 3.8) is 0 Å². The van der Waals surface area contributed by atoms with E-state index in [4.69, 9.17) is 4.74 Å². The third-order valence-corrected chi connectivity index (χ3v) is 28.6. The number of hydrogen-bond donors (Lipinski definition) is 0. The Hall–Kier alpha value is -0.744. The standard InChI is InChI=1S/C20H30Ge2O2/c1-6-21(7-2)15-18(17-13-11-10-12-14-17)22(8-3,9-4)19(16-21)20(23)24-5/h10-16H,6-9H2,1-5H3. The van der Waals surface area contributed by atoms with Crippen LogP contribution in [0.25, 0.3) is 4.41 Å². The van der Waals surface area contributed by atoms with Gasteiger partial charge in [0.25, 0.3) is 0 Å². The van der Waals surface area contributed by atoms with Gasteiger partial charge in [0, 0.05) is 0 Å². The molecule has 1 heterocycles. The van der Waals surface area contributed by atoms with E-state index < -0.39 is 26.5 Å². The summed E-state index contributed by atoms with van der Waals surface area (Å²) < 4.78 is 7.91. The van der Waals surface area contributed by atoms with Gasteiger partial charge in [-0.25, -0.2) is 0 Å². The number of rotatable bonds is 6. The zero-order valence-corrected chi connectivity index (χ0v) is 19.9. The van der Waals surface area contributed by atoms with Crippen LogP contribution in [-0.2, 0) is 9.53 Å². The first-order valence-corrected chi connectivity index (χ1v) is 19.6. The topological polar surface area (TPSA) is 26.3 Å². The summed E-state index contributed by atoms with van der Waals surface area (Å²) in [6.45, 7) is 9.14. The number of carbonyl (C=O) groups is 1. The number of ether oxygens (including phenoxy) is 1. The normalized spacial score (nSPS) is 18.5. The van der Waals surface area contributed by atoms with Gasteiger partial charge in [-0.1, -0.05) is 0 Å². The Labute approximate surface area is 152 Å². The van der Waals surface area contributed by atoms with E-state index >= 15 is 0 Å². The summed E-state index contributed by atoms with van der Waals surface area (Å²) in [5.41, 5.74) is 1.34. The molecule has 0 radical (unpaired) electrons. The van der Waals surface area contributed by atoms with Gasteiger partial charge in [0.2, 0.25) is 0 Å². The summed E-state index contributed by atoms with van der Waals surface area (Å²) in [5.74, 6) is -0.0582. The second kappa shape index (κ2) is 8.09. The second-order valence-electron chi connectivity index (χ2n) is 6.70. The molecule has 0 spiro atoms. The van der Waals surface area contributed by atoms with Crippen molar-refractivity contribution in [1.82, 2.24) is 0 Å². The van der Waals surface area contributed by atoms with E-state index in [2.05, 4.69) is 67.8 Å². The molecule has 1 aromatic rings. The van der Waals surface area contributed by atoms with Crippen LogP contribution < -0.4 is 0 Å². The van der Waals surface area contributed by atoms with Crippen LogP contribution >= 0.6 is 0 Å². The number of carbonyl (C=O) groups excluding carboxylic acids is 1. The van der Waals surface area contributed by atoms with Crippen molar-refractivity contribution in [2.45, 2.75) is 48.7 Å². The number of hydrogen-bond acceptors (Lipinski definition) is 2. The molecule has 24 heavy (non-hydrogen) atoms. The van der Waals surface area contributed by atoms with Crippen LogP contribution in [-0.4, -0.2) is 39.6 Å². The molecule has 1 aliphatic rings. The van der Waals surface area contributed by atoms with Crippen molar-refractivity contribution >= 4 is 36.9 Å². The van der Waals surface area contributed by atoms with E-state index in [0.717, 1.165) is 14.9 Å². The summed E-state index contributed by atoms with van der Waals surface area (Å²) >= 11 is -4.98. The summed E-state index contributed by atoms with van der Waals surface area (Å²) in [7, 11) is 1.54. The molecular formula is C20H30Ge2O2. The zero-order valence-electron chi connectivity index (χ0n) is 15.7. The van der Waals surface area contributed by atoms with Crippen molar-refractivity contribution in [3.8, 4) is 0 Å². The molecular weight excluding hydrogens is 417 g/mol. The third kappa shape index (κ3) is 3.32. The molecule has 0 fully saturated rings. The maximum atomic E-state index is 12.8. The van der Waals surface area contributed by atoms with Crippen LogP contribution in [0.1, 0.15) is 33.3 Å². The van der Waals surface area contributed by atoms with E-state index in [9.17, 15) is 4.79 Å². The summed E-state index contributed by atoms with van der Waals surface area (Å²) in [6, 6.07) is 10.8. The number of benzene rings is 1. The molecule has 0 amide bonds. The molecule has 0 saturated carbocycles. The predicted octanol–water partition coefficient (Wildman–Crippen LogP) is 5.32. The second-order valence-corrected chi connectivity index (χ2v) is 25.8. The minimum absolute atomic E-state index is 0.0582. The van der Waals surface area contributed by atoms with E-state index in [0.29, 0.717) is 0 Å². The summed E-state index contributed by atoms with van der Waals surface area (Å²) in [5, 5.41) is 4.59. The van der Waals surface area contributed by atoms with Crippen molar-refractivity contribution in [2.75, 3.05) is 7.11 Å². The molecule has 130 valence electrons. The van der Waals surface area contributed by atoms with Crippen LogP contribution in [0.15, 0.2) is 44.6 Å². The van der Waals surface area contributed by atoms with Gasteiger partial charge in [-0.05, 0) is 0 Å². The van der Waals surface area contributed by atoms with Crippen LogP contribution in [0.5, 0.6) is 0 Å². The van der Waals surface area contributed by atoms with Crippen LogP contribution in [0.2, 0.25) is 21.0 Å². The molecule has 0 bridgehead atoms. The van der Waals surface area contributed by atoms with E-state index in [-0.39, 0.29) is 5.97 Å². The van der Waals surface area contributed by atoms with Gasteiger partial charge >= 0.3 is 152 Å². The molecule has 0 aromatic heterocycles. The molecule has 0 saturated heterocycles. The molecule has 0 N–H and O–H groups in total. The molecule has 2 nitrogen and oxygen atoms in total. The van der Waals surface area contributed by atoms with Gasteiger partial charge in [-0.3, -0.25) is 0 Å². The van der Waals surface area contributed by atoms with Crippen LogP contribution in [0, 0.1) is 0 Å². The summed E-state index contributed by atoms with van der Waals surface area (Å²) in [6.07, 6.45) is 0. The van der Waals surface area contributed by atoms with Crippen LogP contribution in [0.4, 0.5) is 0 Å². The van der Waals surface area contributed by atoms with Crippen LogP contribution in [0.3, 0.4) is 0 Å². The van der Waals surface area contributed by atoms with Crippen molar-refractivity contribution in [3.05, 3.63) is 50.1 Å². The van der Waals surface area contributed by atoms with Gasteiger partial charge < -0.3 is 0 Å². The first-order valence-electron chi connectivity index (χ1n) is 9.12. The molecule has 0 aliphatic carbocycles. The average Bonchev–Trinajstić information content (AvgIpc) is 2.66. The molecule has 4 heteroatoms. The molecule has 1 aliphatic heterocycles. The Morgan fingerprint density at radius 2 is 1.50 bits per heavy atom. The maximum absolute atomic E-state index is 12.8. The number of esters is 1. The zero-order chi connectivity index (χ0) is 17.8. The van der Waals surface area contributed by atoms with Gasteiger partial charge in [0.05, 0.1) is 0 Å². The molecule has 1 aromatic carbocycles. The van der Waals surface area contributed by atoms with Gasteiger partial charge in [-0.15, -0.1) is 0 Å². The Morgan fingerprint density at radius 1 is 0.917 bits per heavy atom. The summed E-state index contributed by atoms with van der Waals surface area (Å²) in [4.78, 5) is 17.9. The molecule has 0 atom stereocenters. The Kier molecular flexibility index (Phi) is 6.60. The fraction of sp³-hybridized carbons (Fsp3) is 0.450. The predicted molar refractivity (Wildman–Crippen MR) is 108 cm³/mol. The average molecular weight is 448 g/mol. The molecule has 0 unspecified atom stereocenters. The first-order chi connectivity index (χ1) is 11.5. The van der Waals surface area contributed by atoms with Gasteiger partial charge in [-0.2, -0.15) is 0 Å². The first kappa shape index (κ1) is 19.6. The monoisotopic (exact) mass is 450 g/mol. The fourth-order valence-corrected chi connectivity index (χ4v) is 30.8. The van der Waals surface area contributed by atoms with Crippen molar-refractivity contribution in [2.24, 2.45) is 0 Å². The third-order valence-electron chi connectivity index (χ3n) is 5.91.